The molecule has 0 saturated heterocycles. The summed E-state index contributed by atoms with van der Waals surface area (Å²) in [7, 11) is 0. The highest BCUT2D eigenvalue weighted by molar-refractivity contribution is 5.85. The molecule has 1 aliphatic rings. The van der Waals surface area contributed by atoms with E-state index in [1.807, 2.05) is 0 Å². The minimum Gasteiger partial charge on any atom is -0.480 e. The third-order valence-electron chi connectivity index (χ3n) is 3.95. The second-order valence-electron chi connectivity index (χ2n) is 5.41. The monoisotopic (exact) mass is 273 g/mol. The Kier molecular flexibility index (Phi) is 6.81. The van der Waals surface area contributed by atoms with Crippen molar-refractivity contribution < 1.29 is 19.1 Å². The van der Waals surface area contributed by atoms with Crippen LogP contribution in [0, 0.1) is 11.8 Å². The van der Waals surface area contributed by atoms with Crippen LogP contribution in [0.5, 0.6) is 0 Å². The number of rotatable bonds is 7. The first-order valence-corrected chi connectivity index (χ1v) is 7.17. The molecule has 5 heteroatoms. The second kappa shape index (κ2) is 8.12. The molecule has 0 aromatic heterocycles. The lowest BCUT2D eigenvalue weighted by atomic mass is 9.79. The van der Waals surface area contributed by atoms with Crippen molar-refractivity contribution in [2.75, 3.05) is 6.67 Å². The fraction of sp³-hybridized carbons (Fsp3) is 0.857. The van der Waals surface area contributed by atoms with Gasteiger partial charge in [0.25, 0.3) is 0 Å². The number of halogens is 1. The van der Waals surface area contributed by atoms with Crippen LogP contribution in [0.3, 0.4) is 0 Å². The van der Waals surface area contributed by atoms with Gasteiger partial charge in [-0.15, -0.1) is 0 Å². The fourth-order valence-electron chi connectivity index (χ4n) is 2.66. The van der Waals surface area contributed by atoms with Gasteiger partial charge in [0.15, 0.2) is 6.04 Å². The Morgan fingerprint density at radius 1 is 1.32 bits per heavy atom. The zero-order valence-electron chi connectivity index (χ0n) is 11.5. The molecule has 1 amide bonds. The van der Waals surface area contributed by atoms with E-state index in [1.54, 1.807) is 0 Å². The molecule has 0 bridgehead atoms. The third kappa shape index (κ3) is 5.17. The van der Waals surface area contributed by atoms with Gasteiger partial charge < -0.3 is 10.4 Å². The van der Waals surface area contributed by atoms with Crippen LogP contribution in [-0.4, -0.2) is 29.7 Å². The predicted octanol–water partition coefficient (Wildman–Crippen LogP) is 2.52. The van der Waals surface area contributed by atoms with Gasteiger partial charge >= 0.3 is 5.97 Å². The maximum atomic E-state index is 12.4. The Balaban J connectivity index is 2.34. The maximum absolute atomic E-state index is 12.4. The topological polar surface area (TPSA) is 66.4 Å². The SMILES string of the molecule is CCCCC1CCC(C(=O)NC(CF)C(=O)O)CC1. The molecule has 1 unspecified atom stereocenters. The zero-order chi connectivity index (χ0) is 14.3. The van der Waals surface area contributed by atoms with Crippen LogP contribution in [0.2, 0.25) is 0 Å². The molecule has 110 valence electrons. The summed E-state index contributed by atoms with van der Waals surface area (Å²) >= 11 is 0. The highest BCUT2D eigenvalue weighted by Gasteiger charge is 2.29. The number of carboxylic acid groups (broad SMARTS) is 1. The number of carboxylic acids is 1. The lowest BCUT2D eigenvalue weighted by molar-refractivity contribution is -0.143. The van der Waals surface area contributed by atoms with Crippen molar-refractivity contribution in [2.24, 2.45) is 11.8 Å². The molecule has 1 saturated carbocycles. The van der Waals surface area contributed by atoms with E-state index < -0.39 is 18.7 Å². The normalized spacial score (nSPS) is 24.7. The molecular weight excluding hydrogens is 249 g/mol. The average molecular weight is 273 g/mol. The van der Waals surface area contributed by atoms with Gasteiger partial charge in [0.1, 0.15) is 6.67 Å². The number of alkyl halides is 1. The Morgan fingerprint density at radius 3 is 2.42 bits per heavy atom. The van der Waals surface area contributed by atoms with Crippen molar-refractivity contribution in [1.82, 2.24) is 5.32 Å². The molecule has 1 aliphatic carbocycles. The van der Waals surface area contributed by atoms with E-state index in [4.69, 9.17) is 5.11 Å². The van der Waals surface area contributed by atoms with Gasteiger partial charge in [0, 0.05) is 5.92 Å². The predicted molar refractivity (Wildman–Crippen MR) is 70.5 cm³/mol. The van der Waals surface area contributed by atoms with E-state index in [0.29, 0.717) is 5.92 Å². The summed E-state index contributed by atoms with van der Waals surface area (Å²) in [6.45, 7) is 1.11. The molecule has 19 heavy (non-hydrogen) atoms. The molecule has 0 aliphatic heterocycles. The minimum absolute atomic E-state index is 0.147. The molecule has 4 nitrogen and oxygen atoms in total. The Hall–Kier alpha value is -1.13. The van der Waals surface area contributed by atoms with Crippen molar-refractivity contribution in [1.29, 1.82) is 0 Å². The molecule has 1 fully saturated rings. The quantitative estimate of drug-likeness (QED) is 0.749. The number of unbranched alkanes of at least 4 members (excludes halogenated alkanes) is 1. The van der Waals surface area contributed by atoms with E-state index in [9.17, 15) is 14.0 Å². The van der Waals surface area contributed by atoms with Gasteiger partial charge in [0.05, 0.1) is 0 Å². The molecule has 1 rings (SSSR count). The number of carbonyl (C=O) groups excluding carboxylic acids is 1. The van der Waals surface area contributed by atoms with Crippen molar-refractivity contribution in [3.8, 4) is 0 Å². The van der Waals surface area contributed by atoms with E-state index in [0.717, 1.165) is 25.7 Å². The molecule has 2 N–H and O–H groups in total. The fourth-order valence-corrected chi connectivity index (χ4v) is 2.66. The average Bonchev–Trinajstić information content (AvgIpc) is 2.42. The molecule has 1 atom stereocenters. The first-order valence-electron chi connectivity index (χ1n) is 7.17. The van der Waals surface area contributed by atoms with Gasteiger partial charge in [-0.1, -0.05) is 26.2 Å². The summed E-state index contributed by atoms with van der Waals surface area (Å²) in [5.41, 5.74) is 0. The highest BCUT2D eigenvalue weighted by Crippen LogP contribution is 2.31. The summed E-state index contributed by atoms with van der Waals surface area (Å²) < 4.78 is 12.4. The van der Waals surface area contributed by atoms with Gasteiger partial charge in [-0.05, 0) is 31.6 Å². The summed E-state index contributed by atoms with van der Waals surface area (Å²) in [4.78, 5) is 22.5. The number of hydrogen-bond acceptors (Lipinski definition) is 2. The lowest BCUT2D eigenvalue weighted by Crippen LogP contribution is -2.45. The first kappa shape index (κ1) is 15.9. The van der Waals surface area contributed by atoms with Crippen molar-refractivity contribution in [3.05, 3.63) is 0 Å². The number of amides is 1. The maximum Gasteiger partial charge on any atom is 0.328 e. The first-order chi connectivity index (χ1) is 9.08. The number of carbonyl (C=O) groups is 2. The summed E-state index contributed by atoms with van der Waals surface area (Å²) in [5, 5.41) is 11.0. The van der Waals surface area contributed by atoms with Crippen molar-refractivity contribution >= 4 is 11.9 Å². The lowest BCUT2D eigenvalue weighted by Gasteiger charge is -2.28. The Bertz CT molecular complexity index is 301. The molecule has 0 radical (unpaired) electrons. The molecule has 0 heterocycles. The highest BCUT2D eigenvalue weighted by atomic mass is 19.1. The molecular formula is C14H24FNO3. The summed E-state index contributed by atoms with van der Waals surface area (Å²) in [6, 6.07) is -1.40. The summed E-state index contributed by atoms with van der Waals surface area (Å²) in [6.07, 6.45) is 7.25. The standard InChI is InChI=1S/C14H24FNO3/c1-2-3-4-10-5-7-11(8-6-10)13(17)16-12(9-15)14(18)19/h10-12H,2-9H2,1H3,(H,16,17)(H,18,19). The summed E-state index contributed by atoms with van der Waals surface area (Å²) in [5.74, 6) is -1.07. The van der Waals surface area contributed by atoms with Gasteiger partial charge in [-0.25, -0.2) is 9.18 Å². The van der Waals surface area contributed by atoms with Gasteiger partial charge in [-0.2, -0.15) is 0 Å². The van der Waals surface area contributed by atoms with Crippen LogP contribution in [0.25, 0.3) is 0 Å². The Labute approximate surface area is 113 Å². The third-order valence-corrected chi connectivity index (χ3v) is 3.95. The largest absolute Gasteiger partial charge is 0.480 e. The van der Waals surface area contributed by atoms with E-state index in [-0.39, 0.29) is 11.8 Å². The van der Waals surface area contributed by atoms with Crippen molar-refractivity contribution in [3.63, 3.8) is 0 Å². The zero-order valence-corrected chi connectivity index (χ0v) is 11.5. The van der Waals surface area contributed by atoms with Crippen LogP contribution in [0.1, 0.15) is 51.9 Å². The van der Waals surface area contributed by atoms with Crippen LogP contribution >= 0.6 is 0 Å². The number of hydrogen-bond donors (Lipinski definition) is 2. The minimum atomic E-state index is -1.40. The smallest absolute Gasteiger partial charge is 0.328 e. The van der Waals surface area contributed by atoms with E-state index in [2.05, 4.69) is 12.2 Å². The van der Waals surface area contributed by atoms with Crippen LogP contribution in [0.4, 0.5) is 4.39 Å². The van der Waals surface area contributed by atoms with Crippen molar-refractivity contribution in [2.45, 2.75) is 57.9 Å². The number of aliphatic carboxylic acids is 1. The molecule has 0 spiro atoms. The van der Waals surface area contributed by atoms with Crippen LogP contribution in [-0.2, 0) is 9.59 Å². The van der Waals surface area contributed by atoms with E-state index in [1.165, 1.54) is 19.3 Å². The van der Waals surface area contributed by atoms with Gasteiger partial charge in [-0.3, -0.25) is 4.79 Å². The van der Waals surface area contributed by atoms with Crippen LogP contribution < -0.4 is 5.32 Å². The molecule has 0 aromatic rings. The number of nitrogens with one attached hydrogen (secondary N) is 1. The van der Waals surface area contributed by atoms with Gasteiger partial charge in [0.2, 0.25) is 5.91 Å². The Morgan fingerprint density at radius 2 is 1.95 bits per heavy atom. The van der Waals surface area contributed by atoms with Crippen LogP contribution in [0.15, 0.2) is 0 Å². The second-order valence-corrected chi connectivity index (χ2v) is 5.41. The van der Waals surface area contributed by atoms with E-state index >= 15 is 0 Å². The molecule has 0 aromatic carbocycles.